The number of carboxylic acids is 1. The van der Waals surface area contributed by atoms with Gasteiger partial charge in [-0.25, -0.2) is 14.6 Å². The topological polar surface area (TPSA) is 116 Å². The van der Waals surface area contributed by atoms with Gasteiger partial charge in [0.2, 0.25) is 0 Å². The fraction of sp³-hybridized carbons (Fsp3) is 0.0476. The number of nitriles is 1. The molecule has 2 aromatic carbocycles. The van der Waals surface area contributed by atoms with Crippen molar-refractivity contribution in [1.29, 1.82) is 5.26 Å². The number of amides is 1. The zero-order valence-electron chi connectivity index (χ0n) is 15.1. The SMILES string of the molecule is Cc1c(C(=O)O)cccc1-c1ccc(/C=N/NC(=O)c2ccc(C#N)cc2F)o1. The van der Waals surface area contributed by atoms with Crippen molar-refractivity contribution >= 4 is 18.1 Å². The zero-order valence-corrected chi connectivity index (χ0v) is 15.1. The maximum Gasteiger partial charge on any atom is 0.335 e. The first kappa shape index (κ1) is 19.5. The van der Waals surface area contributed by atoms with Gasteiger partial charge >= 0.3 is 5.97 Å². The van der Waals surface area contributed by atoms with E-state index < -0.39 is 17.7 Å². The second kappa shape index (κ2) is 8.19. The molecule has 3 rings (SSSR count). The Balaban J connectivity index is 1.73. The van der Waals surface area contributed by atoms with Gasteiger partial charge in [-0.05, 0) is 48.9 Å². The number of carbonyl (C=O) groups excluding carboxylic acids is 1. The summed E-state index contributed by atoms with van der Waals surface area (Å²) in [6.07, 6.45) is 1.24. The molecule has 0 aliphatic rings. The minimum Gasteiger partial charge on any atom is -0.478 e. The number of nitrogens with one attached hydrogen (secondary N) is 1. The highest BCUT2D eigenvalue weighted by atomic mass is 19.1. The van der Waals surface area contributed by atoms with Gasteiger partial charge in [-0.15, -0.1) is 0 Å². The number of carbonyl (C=O) groups is 2. The number of hydrogen-bond acceptors (Lipinski definition) is 5. The molecule has 0 unspecified atom stereocenters. The second-order valence-corrected chi connectivity index (χ2v) is 5.99. The normalized spacial score (nSPS) is 10.7. The fourth-order valence-corrected chi connectivity index (χ4v) is 2.68. The monoisotopic (exact) mass is 391 g/mol. The van der Waals surface area contributed by atoms with E-state index in [-0.39, 0.29) is 16.7 Å². The van der Waals surface area contributed by atoms with Crippen molar-refractivity contribution < 1.29 is 23.5 Å². The number of carboxylic acid groups (broad SMARTS) is 1. The predicted molar refractivity (Wildman–Crippen MR) is 102 cm³/mol. The van der Waals surface area contributed by atoms with Crippen LogP contribution in [0.2, 0.25) is 0 Å². The Morgan fingerprint density at radius 3 is 2.69 bits per heavy atom. The molecule has 0 spiro atoms. The van der Waals surface area contributed by atoms with Gasteiger partial charge in [0.1, 0.15) is 17.3 Å². The first-order chi connectivity index (χ1) is 13.9. The molecule has 29 heavy (non-hydrogen) atoms. The van der Waals surface area contributed by atoms with Crippen LogP contribution in [0.4, 0.5) is 4.39 Å². The lowest BCUT2D eigenvalue weighted by Gasteiger charge is -2.05. The molecule has 0 saturated carbocycles. The van der Waals surface area contributed by atoms with Crippen molar-refractivity contribution in [2.45, 2.75) is 6.92 Å². The van der Waals surface area contributed by atoms with Crippen LogP contribution in [-0.4, -0.2) is 23.2 Å². The highest BCUT2D eigenvalue weighted by Crippen LogP contribution is 2.27. The van der Waals surface area contributed by atoms with Crippen molar-refractivity contribution in [3.8, 4) is 17.4 Å². The van der Waals surface area contributed by atoms with E-state index in [0.717, 1.165) is 6.07 Å². The molecule has 0 fully saturated rings. The van der Waals surface area contributed by atoms with Gasteiger partial charge in [-0.1, -0.05) is 12.1 Å². The molecule has 1 heterocycles. The minimum atomic E-state index is -1.03. The summed E-state index contributed by atoms with van der Waals surface area (Å²) in [4.78, 5) is 23.3. The van der Waals surface area contributed by atoms with Gasteiger partial charge in [0.05, 0.1) is 29.0 Å². The van der Waals surface area contributed by atoms with Crippen LogP contribution >= 0.6 is 0 Å². The summed E-state index contributed by atoms with van der Waals surface area (Å²) in [7, 11) is 0. The Kier molecular flexibility index (Phi) is 5.51. The maximum absolute atomic E-state index is 13.8. The van der Waals surface area contributed by atoms with E-state index in [1.54, 1.807) is 37.3 Å². The number of rotatable bonds is 5. The van der Waals surface area contributed by atoms with E-state index in [0.29, 0.717) is 22.6 Å². The fourth-order valence-electron chi connectivity index (χ4n) is 2.68. The van der Waals surface area contributed by atoms with E-state index >= 15 is 0 Å². The molecule has 7 nitrogen and oxygen atoms in total. The molecule has 8 heteroatoms. The van der Waals surface area contributed by atoms with Gasteiger partial charge in [0.25, 0.3) is 5.91 Å². The predicted octanol–water partition coefficient (Wildman–Crippen LogP) is 3.73. The third-order valence-electron chi connectivity index (χ3n) is 4.16. The lowest BCUT2D eigenvalue weighted by molar-refractivity contribution is 0.0696. The molecular formula is C21H14FN3O4. The van der Waals surface area contributed by atoms with E-state index in [4.69, 9.17) is 9.68 Å². The minimum absolute atomic E-state index is 0.105. The van der Waals surface area contributed by atoms with Gasteiger partial charge in [0, 0.05) is 5.56 Å². The largest absolute Gasteiger partial charge is 0.478 e. The standard InChI is InChI=1S/C21H14FN3O4/c1-12-15(3-2-4-16(12)21(27)28)19-8-6-14(29-19)11-24-25-20(26)17-7-5-13(10-23)9-18(17)22/h2-9,11H,1H3,(H,25,26)(H,27,28)/b24-11+. The number of hydrogen-bond donors (Lipinski definition) is 2. The van der Waals surface area contributed by atoms with Gasteiger partial charge in [0.15, 0.2) is 0 Å². The summed E-state index contributed by atoms with van der Waals surface area (Å²) in [6.45, 7) is 1.68. The van der Waals surface area contributed by atoms with Gasteiger partial charge in [-0.2, -0.15) is 10.4 Å². The van der Waals surface area contributed by atoms with Crippen molar-refractivity contribution in [3.63, 3.8) is 0 Å². The van der Waals surface area contributed by atoms with Crippen LogP contribution in [0.1, 0.15) is 37.6 Å². The third kappa shape index (κ3) is 4.20. The first-order valence-electron chi connectivity index (χ1n) is 8.37. The number of benzene rings is 2. The third-order valence-corrected chi connectivity index (χ3v) is 4.16. The number of aromatic carboxylic acids is 1. The quantitative estimate of drug-likeness (QED) is 0.508. The van der Waals surface area contributed by atoms with Crippen LogP contribution in [0, 0.1) is 24.1 Å². The molecule has 144 valence electrons. The summed E-state index contributed by atoms with van der Waals surface area (Å²) in [5, 5.41) is 21.7. The van der Waals surface area contributed by atoms with E-state index in [2.05, 4.69) is 10.5 Å². The molecule has 3 aromatic rings. The highest BCUT2D eigenvalue weighted by molar-refractivity contribution is 5.95. The number of halogens is 1. The molecule has 1 amide bonds. The molecule has 0 saturated heterocycles. The Morgan fingerprint density at radius 2 is 2.00 bits per heavy atom. The second-order valence-electron chi connectivity index (χ2n) is 5.99. The highest BCUT2D eigenvalue weighted by Gasteiger charge is 2.14. The Hall–Kier alpha value is -4.25. The molecule has 1 aromatic heterocycles. The molecule has 0 radical (unpaired) electrons. The first-order valence-corrected chi connectivity index (χ1v) is 8.37. The van der Waals surface area contributed by atoms with Crippen molar-refractivity contribution in [1.82, 2.24) is 5.43 Å². The number of nitrogens with zero attached hydrogens (tertiary/aromatic N) is 2. The van der Waals surface area contributed by atoms with Crippen LogP contribution < -0.4 is 5.43 Å². The average molecular weight is 391 g/mol. The van der Waals surface area contributed by atoms with Crippen LogP contribution in [0.5, 0.6) is 0 Å². The van der Waals surface area contributed by atoms with Crippen molar-refractivity contribution in [2.75, 3.05) is 0 Å². The summed E-state index contributed by atoms with van der Waals surface area (Å²) >= 11 is 0. The Bertz CT molecular complexity index is 1170. The molecule has 0 aliphatic carbocycles. The van der Waals surface area contributed by atoms with Crippen LogP contribution in [-0.2, 0) is 0 Å². The maximum atomic E-state index is 13.8. The van der Waals surface area contributed by atoms with E-state index in [1.165, 1.54) is 24.4 Å². The van der Waals surface area contributed by atoms with E-state index in [1.807, 2.05) is 0 Å². The lowest BCUT2D eigenvalue weighted by atomic mass is 10.0. The van der Waals surface area contributed by atoms with Crippen molar-refractivity contribution in [2.24, 2.45) is 5.10 Å². The molecule has 0 bridgehead atoms. The summed E-state index contributed by atoms with van der Waals surface area (Å²) < 4.78 is 19.5. The molecule has 0 aliphatic heterocycles. The van der Waals surface area contributed by atoms with Crippen molar-refractivity contribution in [3.05, 3.63) is 82.4 Å². The summed E-state index contributed by atoms with van der Waals surface area (Å²) in [6, 6.07) is 13.4. The smallest absolute Gasteiger partial charge is 0.335 e. The molecule has 0 atom stereocenters. The summed E-state index contributed by atoms with van der Waals surface area (Å²) in [5.74, 6) is -1.89. The Labute approximate surface area is 164 Å². The molecule has 2 N–H and O–H groups in total. The number of hydrazone groups is 1. The van der Waals surface area contributed by atoms with Crippen LogP contribution in [0.15, 0.2) is 58.0 Å². The van der Waals surface area contributed by atoms with E-state index in [9.17, 15) is 19.1 Å². The number of furan rings is 1. The van der Waals surface area contributed by atoms with Gasteiger partial charge < -0.3 is 9.52 Å². The van der Waals surface area contributed by atoms with Crippen LogP contribution in [0.3, 0.4) is 0 Å². The van der Waals surface area contributed by atoms with Gasteiger partial charge in [-0.3, -0.25) is 4.79 Å². The summed E-state index contributed by atoms with van der Waals surface area (Å²) in [5.41, 5.74) is 3.39. The lowest BCUT2D eigenvalue weighted by Crippen LogP contribution is -2.19. The average Bonchev–Trinajstić information content (AvgIpc) is 3.16. The zero-order chi connectivity index (χ0) is 21.0. The van der Waals surface area contributed by atoms with Crippen LogP contribution in [0.25, 0.3) is 11.3 Å². The molecular weight excluding hydrogens is 377 g/mol. The Morgan fingerprint density at radius 1 is 1.21 bits per heavy atom.